The van der Waals surface area contributed by atoms with Crippen molar-refractivity contribution in [2.24, 2.45) is 0 Å². The molecular weight excluding hydrogens is 270 g/mol. The number of methoxy groups -OCH3 is 1. The summed E-state index contributed by atoms with van der Waals surface area (Å²) in [4.78, 5) is 11.1. The molecule has 1 N–H and O–H groups in total. The Bertz CT molecular complexity index is 704. The molecule has 5 heteroatoms. The second kappa shape index (κ2) is 6.44. The van der Waals surface area contributed by atoms with Gasteiger partial charge in [0.2, 0.25) is 0 Å². The first-order chi connectivity index (χ1) is 10.1. The molecule has 0 bridgehead atoms. The molecule has 0 fully saturated rings. The van der Waals surface area contributed by atoms with Gasteiger partial charge in [-0.15, -0.1) is 0 Å². The zero-order valence-electron chi connectivity index (χ0n) is 11.4. The zero-order valence-corrected chi connectivity index (χ0v) is 11.4. The first-order valence-electron chi connectivity index (χ1n) is 6.17. The number of ether oxygens (including phenoxy) is 2. The van der Waals surface area contributed by atoms with Gasteiger partial charge >= 0.3 is 5.97 Å². The van der Waals surface area contributed by atoms with Gasteiger partial charge in [-0.2, -0.15) is 5.26 Å². The van der Waals surface area contributed by atoms with Crippen LogP contribution in [-0.2, 0) is 6.61 Å². The number of hydrogen-bond donors (Lipinski definition) is 1. The van der Waals surface area contributed by atoms with Crippen LogP contribution in [0, 0.1) is 11.3 Å². The van der Waals surface area contributed by atoms with Crippen LogP contribution in [0.25, 0.3) is 0 Å². The minimum absolute atomic E-state index is 0.0977. The van der Waals surface area contributed by atoms with E-state index in [1.54, 1.807) is 36.4 Å². The van der Waals surface area contributed by atoms with Gasteiger partial charge in [0.15, 0.2) is 0 Å². The normalized spacial score (nSPS) is 9.71. The molecule has 0 saturated carbocycles. The number of nitrogens with zero attached hydrogens (tertiary/aromatic N) is 1. The van der Waals surface area contributed by atoms with Gasteiger partial charge in [0.25, 0.3) is 0 Å². The van der Waals surface area contributed by atoms with Crippen molar-refractivity contribution >= 4 is 5.97 Å². The Kier molecular flexibility index (Phi) is 4.42. The summed E-state index contributed by atoms with van der Waals surface area (Å²) in [6, 6.07) is 13.4. The van der Waals surface area contributed by atoms with E-state index >= 15 is 0 Å². The molecule has 2 aromatic rings. The van der Waals surface area contributed by atoms with Gasteiger partial charge in [-0.1, -0.05) is 18.2 Å². The SMILES string of the molecule is COc1cc(C#N)cc(OCc2ccccc2C(=O)O)c1. The van der Waals surface area contributed by atoms with Crippen LogP contribution in [0.3, 0.4) is 0 Å². The van der Waals surface area contributed by atoms with Crippen LogP contribution in [0.15, 0.2) is 42.5 Å². The molecule has 0 unspecified atom stereocenters. The summed E-state index contributed by atoms with van der Waals surface area (Å²) < 4.78 is 10.7. The fourth-order valence-corrected chi connectivity index (χ4v) is 1.85. The lowest BCUT2D eigenvalue weighted by Gasteiger charge is -2.10. The largest absolute Gasteiger partial charge is 0.497 e. The molecule has 0 aromatic heterocycles. The van der Waals surface area contributed by atoms with Crippen LogP contribution in [0.1, 0.15) is 21.5 Å². The molecule has 0 atom stereocenters. The second-order valence-corrected chi connectivity index (χ2v) is 4.26. The van der Waals surface area contributed by atoms with Crippen LogP contribution >= 0.6 is 0 Å². The molecule has 0 heterocycles. The van der Waals surface area contributed by atoms with Crippen molar-refractivity contribution in [2.75, 3.05) is 7.11 Å². The van der Waals surface area contributed by atoms with Crippen LogP contribution in [0.2, 0.25) is 0 Å². The Morgan fingerprint density at radius 1 is 1.24 bits per heavy atom. The molecule has 0 spiro atoms. The van der Waals surface area contributed by atoms with Crippen molar-refractivity contribution in [3.05, 3.63) is 59.2 Å². The maximum absolute atomic E-state index is 11.1. The van der Waals surface area contributed by atoms with Crippen molar-refractivity contribution in [1.29, 1.82) is 5.26 Å². The first kappa shape index (κ1) is 14.4. The molecule has 0 aliphatic heterocycles. The summed E-state index contributed by atoms with van der Waals surface area (Å²) in [6.07, 6.45) is 0. The minimum atomic E-state index is -1.00. The lowest BCUT2D eigenvalue weighted by molar-refractivity contribution is 0.0694. The minimum Gasteiger partial charge on any atom is -0.497 e. The highest BCUT2D eigenvalue weighted by atomic mass is 16.5. The molecule has 2 aromatic carbocycles. The lowest BCUT2D eigenvalue weighted by Crippen LogP contribution is -2.05. The maximum atomic E-state index is 11.1. The number of benzene rings is 2. The molecule has 21 heavy (non-hydrogen) atoms. The molecule has 0 aliphatic rings. The first-order valence-corrected chi connectivity index (χ1v) is 6.17. The van der Waals surface area contributed by atoms with Gasteiger partial charge in [0, 0.05) is 11.6 Å². The van der Waals surface area contributed by atoms with E-state index in [1.165, 1.54) is 13.2 Å². The maximum Gasteiger partial charge on any atom is 0.336 e. The second-order valence-electron chi connectivity index (χ2n) is 4.26. The Balaban J connectivity index is 2.21. The van der Waals surface area contributed by atoms with E-state index in [1.807, 2.05) is 6.07 Å². The molecule has 0 saturated heterocycles. The van der Waals surface area contributed by atoms with E-state index in [-0.39, 0.29) is 12.2 Å². The summed E-state index contributed by atoms with van der Waals surface area (Å²) in [7, 11) is 1.50. The number of carbonyl (C=O) groups is 1. The van der Waals surface area contributed by atoms with Gasteiger partial charge in [-0.3, -0.25) is 0 Å². The standard InChI is InChI=1S/C16H13NO4/c1-20-13-6-11(9-17)7-14(8-13)21-10-12-4-2-3-5-15(12)16(18)19/h2-8H,10H2,1H3,(H,18,19). The molecule has 0 radical (unpaired) electrons. The van der Waals surface area contributed by atoms with Crippen LogP contribution in [-0.4, -0.2) is 18.2 Å². The quantitative estimate of drug-likeness (QED) is 0.912. The van der Waals surface area contributed by atoms with Crippen LogP contribution in [0.5, 0.6) is 11.5 Å². The number of nitriles is 1. The summed E-state index contributed by atoms with van der Waals surface area (Å²) in [5.41, 5.74) is 1.17. The summed E-state index contributed by atoms with van der Waals surface area (Å²) in [5.74, 6) is -0.0424. The predicted molar refractivity (Wildman–Crippen MR) is 75.4 cm³/mol. The number of aromatic carboxylic acids is 1. The molecule has 2 rings (SSSR count). The average Bonchev–Trinajstić information content (AvgIpc) is 2.52. The number of carboxylic acids is 1. The third kappa shape index (κ3) is 3.51. The van der Waals surface area contributed by atoms with Gasteiger partial charge < -0.3 is 14.6 Å². The molecule has 0 amide bonds. The van der Waals surface area contributed by atoms with E-state index in [4.69, 9.17) is 19.8 Å². The Hall–Kier alpha value is -3.00. The highest BCUT2D eigenvalue weighted by Gasteiger charge is 2.10. The van der Waals surface area contributed by atoms with Crippen molar-refractivity contribution < 1.29 is 19.4 Å². The number of rotatable bonds is 5. The highest BCUT2D eigenvalue weighted by molar-refractivity contribution is 5.89. The number of hydrogen-bond acceptors (Lipinski definition) is 4. The summed E-state index contributed by atoms with van der Waals surface area (Å²) >= 11 is 0. The number of carboxylic acid groups (broad SMARTS) is 1. The van der Waals surface area contributed by atoms with Crippen molar-refractivity contribution in [3.8, 4) is 17.6 Å². The molecule has 0 aliphatic carbocycles. The smallest absolute Gasteiger partial charge is 0.336 e. The van der Waals surface area contributed by atoms with Crippen LogP contribution in [0.4, 0.5) is 0 Å². The average molecular weight is 283 g/mol. The van der Waals surface area contributed by atoms with E-state index in [0.29, 0.717) is 22.6 Å². The fourth-order valence-electron chi connectivity index (χ4n) is 1.85. The highest BCUT2D eigenvalue weighted by Crippen LogP contribution is 2.23. The summed E-state index contributed by atoms with van der Waals surface area (Å²) in [5, 5.41) is 18.1. The Labute approximate surface area is 122 Å². The van der Waals surface area contributed by atoms with Crippen molar-refractivity contribution in [3.63, 3.8) is 0 Å². The van der Waals surface area contributed by atoms with E-state index < -0.39 is 5.97 Å². The molecule has 106 valence electrons. The Morgan fingerprint density at radius 3 is 2.62 bits per heavy atom. The zero-order chi connectivity index (χ0) is 15.2. The summed E-state index contributed by atoms with van der Waals surface area (Å²) in [6.45, 7) is 0.0977. The fraction of sp³-hybridized carbons (Fsp3) is 0.125. The van der Waals surface area contributed by atoms with Gasteiger partial charge in [0.1, 0.15) is 18.1 Å². The predicted octanol–water partition coefficient (Wildman–Crippen LogP) is 2.84. The van der Waals surface area contributed by atoms with Gasteiger partial charge in [0.05, 0.1) is 24.3 Å². The van der Waals surface area contributed by atoms with E-state index in [2.05, 4.69) is 0 Å². The van der Waals surface area contributed by atoms with E-state index in [0.717, 1.165) is 0 Å². The molecule has 5 nitrogen and oxygen atoms in total. The third-order valence-corrected chi connectivity index (χ3v) is 2.89. The van der Waals surface area contributed by atoms with Crippen LogP contribution < -0.4 is 9.47 Å². The van der Waals surface area contributed by atoms with Crippen molar-refractivity contribution in [2.45, 2.75) is 6.61 Å². The Morgan fingerprint density at radius 2 is 1.95 bits per heavy atom. The van der Waals surface area contributed by atoms with E-state index in [9.17, 15) is 4.79 Å². The van der Waals surface area contributed by atoms with Gasteiger partial charge in [-0.05, 0) is 18.2 Å². The van der Waals surface area contributed by atoms with Gasteiger partial charge in [-0.25, -0.2) is 4.79 Å². The third-order valence-electron chi connectivity index (χ3n) is 2.89. The van der Waals surface area contributed by atoms with Crippen molar-refractivity contribution in [1.82, 2.24) is 0 Å². The topological polar surface area (TPSA) is 79.5 Å². The lowest BCUT2D eigenvalue weighted by atomic mass is 10.1. The monoisotopic (exact) mass is 283 g/mol. The molecular formula is C16H13NO4.